The molecule has 1 heterocycles. The van der Waals surface area contributed by atoms with Gasteiger partial charge in [0.25, 0.3) is 0 Å². The quantitative estimate of drug-likeness (QED) is 0.883. The second-order valence-corrected chi connectivity index (χ2v) is 6.75. The van der Waals surface area contributed by atoms with Crippen molar-refractivity contribution >= 4 is 11.3 Å². The lowest BCUT2D eigenvalue weighted by atomic mass is 10.0. The van der Waals surface area contributed by atoms with Crippen molar-refractivity contribution in [2.24, 2.45) is 0 Å². The van der Waals surface area contributed by atoms with E-state index in [1.165, 1.54) is 74.9 Å². The smallest absolute Gasteiger partial charge is 0.107 e. The number of hydrogen-bond donors (Lipinski definition) is 1. The van der Waals surface area contributed by atoms with Crippen LogP contribution in [0.15, 0.2) is 0 Å². The SMILES string of the molecule is CCNCc1nc2c(s1)CCCCCCCCCC2. The molecule has 108 valence electrons. The van der Waals surface area contributed by atoms with Gasteiger partial charge in [0.1, 0.15) is 5.01 Å². The summed E-state index contributed by atoms with van der Waals surface area (Å²) in [5, 5.41) is 4.69. The van der Waals surface area contributed by atoms with Gasteiger partial charge in [0.05, 0.1) is 5.69 Å². The Morgan fingerprint density at radius 3 is 2.26 bits per heavy atom. The van der Waals surface area contributed by atoms with Gasteiger partial charge in [-0.1, -0.05) is 45.4 Å². The molecule has 1 N–H and O–H groups in total. The van der Waals surface area contributed by atoms with Gasteiger partial charge < -0.3 is 5.32 Å². The van der Waals surface area contributed by atoms with Crippen LogP contribution in [0.25, 0.3) is 0 Å². The lowest BCUT2D eigenvalue weighted by Gasteiger charge is -2.06. The van der Waals surface area contributed by atoms with E-state index < -0.39 is 0 Å². The van der Waals surface area contributed by atoms with Gasteiger partial charge in [-0.3, -0.25) is 0 Å². The molecule has 1 aliphatic carbocycles. The van der Waals surface area contributed by atoms with E-state index in [9.17, 15) is 0 Å². The molecule has 0 saturated heterocycles. The number of aromatic nitrogens is 1. The van der Waals surface area contributed by atoms with Crippen LogP contribution in [-0.2, 0) is 19.4 Å². The molecule has 0 saturated carbocycles. The Kier molecular flexibility index (Phi) is 6.86. The fourth-order valence-corrected chi connectivity index (χ4v) is 3.90. The van der Waals surface area contributed by atoms with Crippen molar-refractivity contribution < 1.29 is 0 Å². The first-order chi connectivity index (χ1) is 9.40. The highest BCUT2D eigenvalue weighted by Crippen LogP contribution is 2.24. The van der Waals surface area contributed by atoms with Gasteiger partial charge >= 0.3 is 0 Å². The molecule has 0 fully saturated rings. The van der Waals surface area contributed by atoms with Crippen LogP contribution in [0.2, 0.25) is 0 Å². The van der Waals surface area contributed by atoms with Gasteiger partial charge in [0.2, 0.25) is 0 Å². The van der Waals surface area contributed by atoms with E-state index in [0.717, 1.165) is 13.1 Å². The average molecular weight is 280 g/mol. The second-order valence-electron chi connectivity index (χ2n) is 5.59. The van der Waals surface area contributed by atoms with E-state index in [4.69, 9.17) is 4.98 Å². The average Bonchev–Trinajstić information content (AvgIpc) is 2.79. The molecule has 3 heteroatoms. The van der Waals surface area contributed by atoms with Crippen LogP contribution in [0.5, 0.6) is 0 Å². The molecule has 0 spiro atoms. The van der Waals surface area contributed by atoms with Crippen molar-refractivity contribution in [3.8, 4) is 0 Å². The number of hydrogen-bond acceptors (Lipinski definition) is 3. The summed E-state index contributed by atoms with van der Waals surface area (Å²) in [6.45, 7) is 4.14. The topological polar surface area (TPSA) is 24.9 Å². The third-order valence-electron chi connectivity index (χ3n) is 3.92. The monoisotopic (exact) mass is 280 g/mol. The van der Waals surface area contributed by atoms with E-state index in [1.54, 1.807) is 4.88 Å². The third kappa shape index (κ3) is 5.23. The number of aryl methyl sites for hydroxylation is 2. The number of rotatable bonds is 3. The molecule has 0 aromatic carbocycles. The summed E-state index contributed by atoms with van der Waals surface area (Å²) in [6, 6.07) is 0. The fourth-order valence-electron chi connectivity index (χ4n) is 2.77. The zero-order valence-electron chi connectivity index (χ0n) is 12.3. The van der Waals surface area contributed by atoms with Gasteiger partial charge in [0, 0.05) is 11.4 Å². The molecule has 0 bridgehead atoms. The largest absolute Gasteiger partial charge is 0.311 e. The first-order valence-electron chi connectivity index (χ1n) is 8.08. The molecule has 1 aromatic heterocycles. The van der Waals surface area contributed by atoms with Crippen LogP contribution in [-0.4, -0.2) is 11.5 Å². The van der Waals surface area contributed by atoms with Crippen LogP contribution >= 0.6 is 11.3 Å². The van der Waals surface area contributed by atoms with E-state index in [0.29, 0.717) is 0 Å². The summed E-state index contributed by atoms with van der Waals surface area (Å²) in [5.41, 5.74) is 1.42. The Bertz CT molecular complexity index is 330. The van der Waals surface area contributed by atoms with Crippen molar-refractivity contribution in [3.05, 3.63) is 15.6 Å². The minimum atomic E-state index is 0.953. The highest BCUT2D eigenvalue weighted by atomic mass is 32.1. The van der Waals surface area contributed by atoms with Crippen LogP contribution in [0.1, 0.15) is 73.9 Å². The summed E-state index contributed by atoms with van der Waals surface area (Å²) >= 11 is 1.95. The Morgan fingerprint density at radius 2 is 1.58 bits per heavy atom. The van der Waals surface area contributed by atoms with Crippen LogP contribution in [0.4, 0.5) is 0 Å². The lowest BCUT2D eigenvalue weighted by Crippen LogP contribution is -2.11. The first kappa shape index (κ1) is 15.0. The van der Waals surface area contributed by atoms with E-state index in [-0.39, 0.29) is 0 Å². The third-order valence-corrected chi connectivity index (χ3v) is 5.07. The lowest BCUT2D eigenvalue weighted by molar-refractivity contribution is 0.559. The Labute approximate surface area is 122 Å². The maximum absolute atomic E-state index is 4.87. The van der Waals surface area contributed by atoms with E-state index in [2.05, 4.69) is 12.2 Å². The van der Waals surface area contributed by atoms with Gasteiger partial charge in [0.15, 0.2) is 0 Å². The normalized spacial score (nSPS) is 18.4. The van der Waals surface area contributed by atoms with Crippen molar-refractivity contribution in [2.45, 2.75) is 77.7 Å². The molecule has 0 unspecified atom stereocenters. The predicted octanol–water partition coefficient (Wildman–Crippen LogP) is 4.47. The van der Waals surface area contributed by atoms with Gasteiger partial charge in [-0.25, -0.2) is 4.98 Å². The molecule has 2 nitrogen and oxygen atoms in total. The molecule has 0 radical (unpaired) electrons. The minimum absolute atomic E-state index is 0.953. The van der Waals surface area contributed by atoms with E-state index in [1.807, 2.05) is 11.3 Å². The summed E-state index contributed by atoms with van der Waals surface area (Å²) in [7, 11) is 0. The fraction of sp³-hybridized carbons (Fsp3) is 0.812. The molecular weight excluding hydrogens is 252 g/mol. The summed E-state index contributed by atoms with van der Waals surface area (Å²) in [4.78, 5) is 6.45. The van der Waals surface area contributed by atoms with Gasteiger partial charge in [-0.15, -0.1) is 11.3 Å². The van der Waals surface area contributed by atoms with Crippen LogP contribution in [0.3, 0.4) is 0 Å². The Balaban J connectivity index is 1.98. The summed E-state index contributed by atoms with van der Waals surface area (Å²) in [6.07, 6.45) is 13.7. The predicted molar refractivity (Wildman–Crippen MR) is 83.8 cm³/mol. The second kappa shape index (κ2) is 8.70. The Morgan fingerprint density at radius 1 is 0.947 bits per heavy atom. The molecule has 0 atom stereocenters. The molecule has 19 heavy (non-hydrogen) atoms. The Hall–Kier alpha value is -0.410. The minimum Gasteiger partial charge on any atom is -0.311 e. The zero-order chi connectivity index (χ0) is 13.3. The molecule has 0 aliphatic heterocycles. The van der Waals surface area contributed by atoms with Crippen molar-refractivity contribution in [2.75, 3.05) is 6.54 Å². The highest BCUT2D eigenvalue weighted by molar-refractivity contribution is 7.11. The maximum atomic E-state index is 4.87. The summed E-state index contributed by atoms with van der Waals surface area (Å²) < 4.78 is 0. The highest BCUT2D eigenvalue weighted by Gasteiger charge is 2.11. The van der Waals surface area contributed by atoms with Gasteiger partial charge in [-0.05, 0) is 32.2 Å². The number of nitrogens with one attached hydrogen (secondary N) is 1. The van der Waals surface area contributed by atoms with Crippen molar-refractivity contribution in [1.29, 1.82) is 0 Å². The standard InChI is InChI=1S/C16H28N2S/c1-2-17-13-16-18-14-11-9-7-5-3-4-6-8-10-12-15(14)19-16/h17H,2-13H2,1H3. The number of thiazole rings is 1. The van der Waals surface area contributed by atoms with Crippen molar-refractivity contribution in [3.63, 3.8) is 0 Å². The summed E-state index contributed by atoms with van der Waals surface area (Å²) in [5.74, 6) is 0. The zero-order valence-corrected chi connectivity index (χ0v) is 13.2. The molecule has 0 amide bonds. The van der Waals surface area contributed by atoms with Crippen LogP contribution in [0, 0.1) is 0 Å². The van der Waals surface area contributed by atoms with Crippen LogP contribution < -0.4 is 5.32 Å². The van der Waals surface area contributed by atoms with Gasteiger partial charge in [-0.2, -0.15) is 0 Å². The number of nitrogens with zero attached hydrogens (tertiary/aromatic N) is 1. The van der Waals surface area contributed by atoms with Crippen molar-refractivity contribution in [1.82, 2.24) is 10.3 Å². The number of fused-ring (bicyclic) bond motifs is 1. The molecule has 1 aliphatic rings. The maximum Gasteiger partial charge on any atom is 0.107 e. The molecule has 1 aromatic rings. The molecule has 2 rings (SSSR count). The molecular formula is C16H28N2S. The first-order valence-corrected chi connectivity index (χ1v) is 8.90. The van der Waals surface area contributed by atoms with E-state index >= 15 is 0 Å².